The summed E-state index contributed by atoms with van der Waals surface area (Å²) in [4.78, 5) is 9.99. The highest BCUT2D eigenvalue weighted by Crippen LogP contribution is 2.21. The van der Waals surface area contributed by atoms with Gasteiger partial charge in [0.25, 0.3) is 0 Å². The van der Waals surface area contributed by atoms with Crippen molar-refractivity contribution in [1.29, 1.82) is 0 Å². The van der Waals surface area contributed by atoms with Gasteiger partial charge in [-0.2, -0.15) is 4.68 Å². The molecule has 1 N–H and O–H groups in total. The fourth-order valence-corrected chi connectivity index (χ4v) is 1.49. The number of rotatable bonds is 5. The Morgan fingerprint density at radius 3 is 2.72 bits per heavy atom. The van der Waals surface area contributed by atoms with Crippen LogP contribution in [0, 0.1) is 10.1 Å². The van der Waals surface area contributed by atoms with Crippen LogP contribution in [0.4, 0.5) is 5.82 Å². The minimum Gasteiger partial charge on any atom is -0.358 e. The fourth-order valence-electron chi connectivity index (χ4n) is 1.27. The molecule has 0 spiro atoms. The molecule has 0 aromatic carbocycles. The molecule has 1 aromatic rings. The first kappa shape index (κ1) is 14.7. The molecule has 0 radical (unpaired) electrons. The third kappa shape index (κ3) is 4.46. The summed E-state index contributed by atoms with van der Waals surface area (Å²) in [5.41, 5.74) is 0.871. The van der Waals surface area contributed by atoms with Gasteiger partial charge in [-0.3, -0.25) is 0 Å². The maximum atomic E-state index is 10.6. The van der Waals surface area contributed by atoms with E-state index in [9.17, 15) is 10.1 Å². The van der Waals surface area contributed by atoms with Gasteiger partial charge in [-0.15, -0.1) is 0 Å². The molecular weight excluding hydrogens is 256 g/mol. The molecule has 0 aliphatic heterocycles. The number of hydrogen-bond donors (Lipinski definition) is 1. The predicted octanol–water partition coefficient (Wildman–Crippen LogP) is 2.39. The minimum absolute atomic E-state index is 0.00328. The van der Waals surface area contributed by atoms with E-state index >= 15 is 0 Å². The summed E-state index contributed by atoms with van der Waals surface area (Å²) < 4.78 is 1.42. The molecule has 0 saturated carbocycles. The zero-order valence-corrected chi connectivity index (χ0v) is 11.5. The Morgan fingerprint density at radius 1 is 1.67 bits per heavy atom. The third-order valence-electron chi connectivity index (χ3n) is 2.13. The largest absolute Gasteiger partial charge is 0.408 e. The molecular formula is C11H17ClN4O2. The molecule has 7 heteroatoms. The normalized spacial score (nSPS) is 11.6. The van der Waals surface area contributed by atoms with Gasteiger partial charge in [0, 0.05) is 12.1 Å². The molecule has 0 aliphatic carbocycles. The highest BCUT2D eigenvalue weighted by molar-refractivity contribution is 6.32. The Morgan fingerprint density at radius 2 is 2.28 bits per heavy atom. The van der Waals surface area contributed by atoms with Crippen molar-refractivity contribution in [2.24, 2.45) is 0 Å². The van der Waals surface area contributed by atoms with Gasteiger partial charge >= 0.3 is 5.82 Å². The monoisotopic (exact) mass is 272 g/mol. The van der Waals surface area contributed by atoms with Crippen LogP contribution in [0.2, 0.25) is 5.02 Å². The summed E-state index contributed by atoms with van der Waals surface area (Å²) in [7, 11) is 0. The van der Waals surface area contributed by atoms with Crippen molar-refractivity contribution in [3.05, 3.63) is 33.5 Å². The van der Waals surface area contributed by atoms with Gasteiger partial charge < -0.3 is 15.4 Å². The molecule has 0 aliphatic rings. The number of halogens is 1. The van der Waals surface area contributed by atoms with Crippen molar-refractivity contribution in [2.45, 2.75) is 32.9 Å². The Kier molecular flexibility index (Phi) is 4.48. The molecule has 18 heavy (non-hydrogen) atoms. The summed E-state index contributed by atoms with van der Waals surface area (Å²) in [5.74, 6) is -0.326. The predicted molar refractivity (Wildman–Crippen MR) is 70.8 cm³/mol. The second kappa shape index (κ2) is 5.49. The minimum atomic E-state index is -0.602. The quantitative estimate of drug-likeness (QED) is 0.507. The van der Waals surface area contributed by atoms with Crippen LogP contribution in [0.15, 0.2) is 18.3 Å². The molecule has 0 bridgehead atoms. The Hall–Kier alpha value is -1.40. The van der Waals surface area contributed by atoms with E-state index in [2.05, 4.69) is 37.8 Å². The van der Waals surface area contributed by atoms with Crippen LogP contribution in [0.5, 0.6) is 0 Å². The van der Waals surface area contributed by atoms with Crippen molar-refractivity contribution < 1.29 is 4.92 Å². The third-order valence-corrected chi connectivity index (χ3v) is 2.39. The van der Waals surface area contributed by atoms with E-state index in [0.717, 1.165) is 5.57 Å². The van der Waals surface area contributed by atoms with Gasteiger partial charge in [0.05, 0.1) is 17.8 Å². The lowest BCUT2D eigenvalue weighted by molar-refractivity contribution is -0.389. The first-order chi connectivity index (χ1) is 8.19. The van der Waals surface area contributed by atoms with Gasteiger partial charge in [0.15, 0.2) is 5.02 Å². The van der Waals surface area contributed by atoms with Gasteiger partial charge in [-0.05, 0) is 31.3 Å². The van der Waals surface area contributed by atoms with E-state index in [-0.39, 0.29) is 16.4 Å². The van der Waals surface area contributed by atoms with Crippen LogP contribution in [-0.2, 0) is 6.54 Å². The molecule has 0 amide bonds. The Bertz CT molecular complexity index is 462. The summed E-state index contributed by atoms with van der Waals surface area (Å²) >= 11 is 5.70. The smallest absolute Gasteiger partial charge is 0.358 e. The SMILES string of the molecule is C=C(CNC(C)(C)C)Cn1cc(Cl)c([N+](=O)[O-])n1. The number of nitrogens with zero attached hydrogens (tertiary/aromatic N) is 3. The topological polar surface area (TPSA) is 73.0 Å². The van der Waals surface area contributed by atoms with E-state index in [1.54, 1.807) is 0 Å². The Balaban J connectivity index is 2.60. The van der Waals surface area contributed by atoms with E-state index < -0.39 is 4.92 Å². The summed E-state index contributed by atoms with van der Waals surface area (Å²) in [5, 5.41) is 17.7. The first-order valence-electron chi connectivity index (χ1n) is 5.48. The van der Waals surface area contributed by atoms with Crippen molar-refractivity contribution in [3.63, 3.8) is 0 Å². The lowest BCUT2D eigenvalue weighted by Crippen LogP contribution is -2.37. The molecule has 0 fully saturated rings. The second-order valence-corrected chi connectivity index (χ2v) is 5.52. The standard InChI is InChI=1S/C11H17ClN4O2/c1-8(5-13-11(2,3)4)6-15-7-9(12)10(14-15)16(17)18/h7,13H,1,5-6H2,2-4H3. The first-order valence-corrected chi connectivity index (χ1v) is 5.86. The number of nitro groups is 1. The molecule has 0 atom stereocenters. The van der Waals surface area contributed by atoms with Crippen molar-refractivity contribution >= 4 is 17.4 Å². The van der Waals surface area contributed by atoms with Crippen LogP contribution < -0.4 is 5.32 Å². The van der Waals surface area contributed by atoms with Gasteiger partial charge in [0.2, 0.25) is 0 Å². The molecule has 1 rings (SSSR count). The summed E-state index contributed by atoms with van der Waals surface area (Å²) in [6.07, 6.45) is 1.43. The molecule has 1 heterocycles. The number of aromatic nitrogens is 2. The van der Waals surface area contributed by atoms with Crippen LogP contribution in [0.3, 0.4) is 0 Å². The maximum Gasteiger partial charge on any atom is 0.408 e. The van der Waals surface area contributed by atoms with Crippen molar-refractivity contribution in [3.8, 4) is 0 Å². The average molecular weight is 273 g/mol. The molecule has 1 aromatic heterocycles. The Labute approximate surface area is 111 Å². The molecule has 0 saturated heterocycles. The van der Waals surface area contributed by atoms with Crippen LogP contribution in [0.25, 0.3) is 0 Å². The average Bonchev–Trinajstić information content (AvgIpc) is 2.55. The van der Waals surface area contributed by atoms with Crippen molar-refractivity contribution in [2.75, 3.05) is 6.54 Å². The highest BCUT2D eigenvalue weighted by Gasteiger charge is 2.19. The van der Waals surface area contributed by atoms with Crippen LogP contribution in [-0.4, -0.2) is 26.8 Å². The van der Waals surface area contributed by atoms with Gasteiger partial charge in [-0.25, -0.2) is 0 Å². The van der Waals surface area contributed by atoms with Crippen molar-refractivity contribution in [1.82, 2.24) is 15.1 Å². The molecule has 6 nitrogen and oxygen atoms in total. The highest BCUT2D eigenvalue weighted by atomic mass is 35.5. The van der Waals surface area contributed by atoms with E-state index in [4.69, 9.17) is 11.6 Å². The van der Waals surface area contributed by atoms with Gasteiger partial charge in [0.1, 0.15) is 0 Å². The zero-order valence-electron chi connectivity index (χ0n) is 10.7. The van der Waals surface area contributed by atoms with Crippen LogP contribution in [0.1, 0.15) is 20.8 Å². The fraction of sp³-hybridized carbons (Fsp3) is 0.545. The zero-order chi connectivity index (χ0) is 13.9. The second-order valence-electron chi connectivity index (χ2n) is 5.11. The maximum absolute atomic E-state index is 10.6. The lowest BCUT2D eigenvalue weighted by Gasteiger charge is -2.21. The number of hydrogen-bond acceptors (Lipinski definition) is 4. The van der Waals surface area contributed by atoms with Crippen LogP contribution >= 0.6 is 11.6 Å². The van der Waals surface area contributed by atoms with E-state index in [1.165, 1.54) is 10.9 Å². The van der Waals surface area contributed by atoms with Gasteiger partial charge in [-0.1, -0.05) is 18.2 Å². The number of nitrogens with one attached hydrogen (secondary N) is 1. The lowest BCUT2D eigenvalue weighted by atomic mass is 10.1. The summed E-state index contributed by atoms with van der Waals surface area (Å²) in [6, 6.07) is 0. The molecule has 0 unspecified atom stereocenters. The van der Waals surface area contributed by atoms with E-state index in [0.29, 0.717) is 13.1 Å². The molecule has 100 valence electrons. The van der Waals surface area contributed by atoms with E-state index in [1.807, 2.05) is 0 Å². The summed E-state index contributed by atoms with van der Waals surface area (Å²) in [6.45, 7) is 11.1.